The highest BCUT2D eigenvalue weighted by molar-refractivity contribution is 6.30. The van der Waals surface area contributed by atoms with Crippen LogP contribution in [-0.4, -0.2) is 39.8 Å². The number of aromatic nitrogens is 2. The van der Waals surface area contributed by atoms with Crippen LogP contribution in [0.3, 0.4) is 0 Å². The SMILES string of the molecule is COc1ccc(CN(C(=O)c2cnccn2)[C@@H](C(=O)NC2CCCCC2)c2ccc(Cl)cc2)cc1. The summed E-state index contributed by atoms with van der Waals surface area (Å²) >= 11 is 6.14. The molecule has 1 aliphatic rings. The van der Waals surface area contributed by atoms with E-state index >= 15 is 0 Å². The molecule has 4 rings (SSSR count). The molecule has 0 saturated heterocycles. The van der Waals surface area contributed by atoms with Gasteiger partial charge in [0.05, 0.1) is 13.3 Å². The maximum Gasteiger partial charge on any atom is 0.275 e. The second-order valence-electron chi connectivity index (χ2n) is 8.67. The van der Waals surface area contributed by atoms with E-state index in [0.717, 1.165) is 31.2 Å². The Morgan fingerprint density at radius 3 is 2.40 bits per heavy atom. The first-order chi connectivity index (χ1) is 17.0. The molecule has 7 nitrogen and oxygen atoms in total. The number of amides is 2. The molecule has 0 spiro atoms. The number of nitrogens with zero attached hydrogens (tertiary/aromatic N) is 3. The van der Waals surface area contributed by atoms with E-state index in [1.165, 1.54) is 25.0 Å². The van der Waals surface area contributed by atoms with E-state index in [2.05, 4.69) is 15.3 Å². The van der Waals surface area contributed by atoms with E-state index in [-0.39, 0.29) is 30.1 Å². The molecule has 1 heterocycles. The van der Waals surface area contributed by atoms with E-state index in [4.69, 9.17) is 16.3 Å². The van der Waals surface area contributed by atoms with Crippen molar-refractivity contribution in [3.05, 3.63) is 89.0 Å². The predicted molar refractivity (Wildman–Crippen MR) is 134 cm³/mol. The van der Waals surface area contributed by atoms with Crippen LogP contribution in [0.5, 0.6) is 5.75 Å². The number of ether oxygens (including phenoxy) is 1. The molecule has 182 valence electrons. The van der Waals surface area contributed by atoms with Crippen LogP contribution in [-0.2, 0) is 11.3 Å². The van der Waals surface area contributed by atoms with E-state index in [0.29, 0.717) is 16.3 Å². The zero-order valence-corrected chi connectivity index (χ0v) is 20.4. The molecule has 35 heavy (non-hydrogen) atoms. The third-order valence-corrected chi connectivity index (χ3v) is 6.50. The van der Waals surface area contributed by atoms with Gasteiger partial charge in [0.15, 0.2) is 0 Å². The first-order valence-corrected chi connectivity index (χ1v) is 12.2. The maximum atomic E-state index is 13.8. The molecule has 2 aromatic carbocycles. The Bertz CT molecular complexity index is 1120. The lowest BCUT2D eigenvalue weighted by Gasteiger charge is -2.33. The summed E-state index contributed by atoms with van der Waals surface area (Å²) in [7, 11) is 1.60. The summed E-state index contributed by atoms with van der Waals surface area (Å²) in [6.07, 6.45) is 9.64. The van der Waals surface area contributed by atoms with E-state index in [9.17, 15) is 9.59 Å². The zero-order valence-electron chi connectivity index (χ0n) is 19.7. The number of methoxy groups -OCH3 is 1. The van der Waals surface area contributed by atoms with Crippen molar-refractivity contribution in [1.29, 1.82) is 0 Å². The van der Waals surface area contributed by atoms with Gasteiger partial charge >= 0.3 is 0 Å². The number of benzene rings is 2. The van der Waals surface area contributed by atoms with Crippen molar-refractivity contribution < 1.29 is 14.3 Å². The topological polar surface area (TPSA) is 84.4 Å². The van der Waals surface area contributed by atoms with Crippen molar-refractivity contribution in [3.63, 3.8) is 0 Å². The Hall–Kier alpha value is -3.45. The molecule has 0 aliphatic heterocycles. The maximum absolute atomic E-state index is 13.8. The molecule has 0 radical (unpaired) electrons. The molecule has 8 heteroatoms. The van der Waals surface area contributed by atoms with Crippen LogP contribution < -0.4 is 10.1 Å². The predicted octanol–water partition coefficient (Wildman–Crippen LogP) is 4.97. The Kier molecular flexibility index (Phi) is 8.32. The summed E-state index contributed by atoms with van der Waals surface area (Å²) in [4.78, 5) is 37.3. The second-order valence-corrected chi connectivity index (χ2v) is 9.11. The molecule has 1 N–H and O–H groups in total. The minimum absolute atomic E-state index is 0.0977. The highest BCUT2D eigenvalue weighted by atomic mass is 35.5. The fourth-order valence-corrected chi connectivity index (χ4v) is 4.54. The van der Waals surface area contributed by atoms with Gasteiger partial charge in [-0.1, -0.05) is 55.1 Å². The molecule has 2 amide bonds. The lowest BCUT2D eigenvalue weighted by Crippen LogP contribution is -2.47. The van der Waals surface area contributed by atoms with Crippen LogP contribution in [0, 0.1) is 0 Å². The molecule has 1 fully saturated rings. The molecule has 1 atom stereocenters. The van der Waals surface area contributed by atoms with Gasteiger partial charge in [-0.3, -0.25) is 14.6 Å². The molecule has 1 aromatic heterocycles. The van der Waals surface area contributed by atoms with Crippen molar-refractivity contribution in [2.24, 2.45) is 0 Å². The fraction of sp³-hybridized carbons (Fsp3) is 0.333. The monoisotopic (exact) mass is 492 g/mol. The first-order valence-electron chi connectivity index (χ1n) is 11.8. The van der Waals surface area contributed by atoms with E-state index < -0.39 is 6.04 Å². The standard InChI is InChI=1S/C27H29ClN4O3/c1-35-23-13-7-19(8-14-23)18-32(27(34)24-17-29-15-16-30-24)25(20-9-11-21(28)12-10-20)26(33)31-22-5-3-2-4-6-22/h7-17,22,25H,2-6,18H2,1H3,(H,31,33)/t25-/m1/s1. The Labute approximate surface area is 210 Å². The van der Waals surface area contributed by atoms with Gasteiger partial charge in [-0.15, -0.1) is 0 Å². The van der Waals surface area contributed by atoms with Gasteiger partial charge in [0.1, 0.15) is 17.5 Å². The number of hydrogen-bond donors (Lipinski definition) is 1. The lowest BCUT2D eigenvalue weighted by molar-refractivity contribution is -0.127. The highest BCUT2D eigenvalue weighted by Crippen LogP contribution is 2.28. The van der Waals surface area contributed by atoms with Gasteiger partial charge in [0.25, 0.3) is 5.91 Å². The van der Waals surface area contributed by atoms with E-state index in [1.54, 1.807) is 36.3 Å². The number of carbonyl (C=O) groups excluding carboxylic acids is 2. The van der Waals surface area contributed by atoms with E-state index in [1.807, 2.05) is 24.3 Å². The first kappa shape index (κ1) is 24.7. The molecular weight excluding hydrogens is 464 g/mol. The summed E-state index contributed by atoms with van der Waals surface area (Å²) in [5.41, 5.74) is 1.70. The van der Waals surface area contributed by atoms with Gasteiger partial charge in [0.2, 0.25) is 5.91 Å². The van der Waals surface area contributed by atoms with Gasteiger partial charge in [0, 0.05) is 30.0 Å². The smallest absolute Gasteiger partial charge is 0.275 e. The van der Waals surface area contributed by atoms with Crippen LogP contribution in [0.15, 0.2) is 67.1 Å². The van der Waals surface area contributed by atoms with Crippen LogP contribution in [0.4, 0.5) is 0 Å². The molecule has 3 aromatic rings. The number of hydrogen-bond acceptors (Lipinski definition) is 5. The van der Waals surface area contributed by atoms with Gasteiger partial charge < -0.3 is 15.0 Å². The van der Waals surface area contributed by atoms with Crippen LogP contribution in [0.1, 0.15) is 59.8 Å². The number of halogens is 1. The lowest BCUT2D eigenvalue weighted by atomic mass is 9.94. The van der Waals surface area contributed by atoms with Gasteiger partial charge in [-0.25, -0.2) is 4.98 Å². The largest absolute Gasteiger partial charge is 0.497 e. The quantitative estimate of drug-likeness (QED) is 0.480. The summed E-state index contributed by atoms with van der Waals surface area (Å²) in [6.45, 7) is 0.199. The second kappa shape index (κ2) is 11.8. The number of rotatable bonds is 8. The molecular formula is C27H29ClN4O3. The minimum Gasteiger partial charge on any atom is -0.497 e. The Morgan fingerprint density at radius 1 is 1.06 bits per heavy atom. The van der Waals surface area contributed by atoms with Gasteiger partial charge in [-0.2, -0.15) is 0 Å². The fourth-order valence-electron chi connectivity index (χ4n) is 4.41. The number of nitrogens with one attached hydrogen (secondary N) is 1. The normalized spacial score (nSPS) is 14.7. The van der Waals surface area contributed by atoms with Crippen LogP contribution >= 0.6 is 11.6 Å². The molecule has 1 saturated carbocycles. The van der Waals surface area contributed by atoms with Crippen molar-refractivity contribution in [1.82, 2.24) is 20.2 Å². The van der Waals surface area contributed by atoms with Crippen molar-refractivity contribution in [3.8, 4) is 5.75 Å². The summed E-state index contributed by atoms with van der Waals surface area (Å²) in [6, 6.07) is 13.7. The summed E-state index contributed by atoms with van der Waals surface area (Å²) < 4.78 is 5.27. The molecule has 1 aliphatic carbocycles. The Morgan fingerprint density at radius 2 is 1.77 bits per heavy atom. The van der Waals surface area contributed by atoms with Crippen molar-refractivity contribution in [2.45, 2.75) is 50.7 Å². The Balaban J connectivity index is 1.72. The third kappa shape index (κ3) is 6.36. The minimum atomic E-state index is -0.870. The van der Waals surface area contributed by atoms with Gasteiger partial charge in [-0.05, 0) is 48.2 Å². The molecule has 0 unspecified atom stereocenters. The van der Waals surface area contributed by atoms with Crippen LogP contribution in [0.25, 0.3) is 0 Å². The van der Waals surface area contributed by atoms with Crippen molar-refractivity contribution in [2.75, 3.05) is 7.11 Å². The average Bonchev–Trinajstić information content (AvgIpc) is 2.90. The molecule has 0 bridgehead atoms. The highest BCUT2D eigenvalue weighted by Gasteiger charge is 2.34. The summed E-state index contributed by atoms with van der Waals surface area (Å²) in [5, 5.41) is 3.76. The average molecular weight is 493 g/mol. The zero-order chi connectivity index (χ0) is 24.6. The van der Waals surface area contributed by atoms with Crippen LogP contribution in [0.2, 0.25) is 5.02 Å². The van der Waals surface area contributed by atoms with Crippen molar-refractivity contribution >= 4 is 23.4 Å². The third-order valence-electron chi connectivity index (χ3n) is 6.25. The number of carbonyl (C=O) groups is 2. The summed E-state index contributed by atoms with van der Waals surface area (Å²) in [5.74, 6) is 0.113.